The number of rotatable bonds is 3. The standard InChI is InChI=1S/C15H21N5/c1-16-15(17-2)18-10-11-9-14(20(3)4)19-13-8-6-5-7-12(11)13/h5-9H,10H2,1-4H3,(H2,16,17,18). The van der Waals surface area contributed by atoms with Gasteiger partial charge in [-0.1, -0.05) is 18.2 Å². The van der Waals surface area contributed by atoms with E-state index >= 15 is 0 Å². The summed E-state index contributed by atoms with van der Waals surface area (Å²) >= 11 is 0. The van der Waals surface area contributed by atoms with Crippen LogP contribution in [0.2, 0.25) is 0 Å². The molecule has 0 saturated carbocycles. The quantitative estimate of drug-likeness (QED) is 0.657. The van der Waals surface area contributed by atoms with E-state index in [1.807, 2.05) is 44.2 Å². The van der Waals surface area contributed by atoms with Crippen LogP contribution < -0.4 is 15.5 Å². The largest absolute Gasteiger partial charge is 0.363 e. The topological polar surface area (TPSA) is 52.6 Å². The Kier molecular flexibility index (Phi) is 4.40. The molecule has 0 spiro atoms. The monoisotopic (exact) mass is 271 g/mol. The summed E-state index contributed by atoms with van der Waals surface area (Å²) in [5.41, 5.74) is 2.21. The number of aromatic nitrogens is 1. The molecule has 2 N–H and O–H groups in total. The fraction of sp³-hybridized carbons (Fsp3) is 0.333. The zero-order valence-electron chi connectivity index (χ0n) is 12.4. The van der Waals surface area contributed by atoms with Gasteiger partial charge >= 0.3 is 0 Å². The predicted molar refractivity (Wildman–Crippen MR) is 85.3 cm³/mol. The van der Waals surface area contributed by atoms with E-state index in [4.69, 9.17) is 0 Å². The number of hydrogen-bond donors (Lipinski definition) is 2. The molecule has 5 nitrogen and oxygen atoms in total. The molecule has 0 amide bonds. The average molecular weight is 271 g/mol. The van der Waals surface area contributed by atoms with E-state index in [1.165, 1.54) is 5.56 Å². The molecule has 0 radical (unpaired) electrons. The molecule has 1 aromatic carbocycles. The van der Waals surface area contributed by atoms with Crippen molar-refractivity contribution in [3.8, 4) is 0 Å². The van der Waals surface area contributed by atoms with Gasteiger partial charge in [0.2, 0.25) is 0 Å². The lowest BCUT2D eigenvalue weighted by atomic mass is 10.1. The summed E-state index contributed by atoms with van der Waals surface area (Å²) in [6, 6.07) is 10.3. The highest BCUT2D eigenvalue weighted by Crippen LogP contribution is 2.21. The van der Waals surface area contributed by atoms with Crippen molar-refractivity contribution in [3.05, 3.63) is 35.9 Å². The summed E-state index contributed by atoms with van der Waals surface area (Å²) in [6.07, 6.45) is 0. The molecule has 5 heteroatoms. The van der Waals surface area contributed by atoms with E-state index in [0.29, 0.717) is 6.54 Å². The van der Waals surface area contributed by atoms with Crippen LogP contribution in [0.4, 0.5) is 5.82 Å². The Morgan fingerprint density at radius 1 is 1.30 bits per heavy atom. The minimum atomic E-state index is 0.706. The lowest BCUT2D eigenvalue weighted by Gasteiger charge is -2.16. The van der Waals surface area contributed by atoms with Crippen LogP contribution in [0.1, 0.15) is 5.56 Å². The first-order chi connectivity index (χ1) is 9.65. The number of hydrogen-bond acceptors (Lipinski definition) is 3. The number of benzene rings is 1. The van der Waals surface area contributed by atoms with Crippen molar-refractivity contribution in [3.63, 3.8) is 0 Å². The Hall–Kier alpha value is -2.30. The summed E-state index contributed by atoms with van der Waals surface area (Å²) < 4.78 is 0. The fourth-order valence-electron chi connectivity index (χ4n) is 2.07. The first-order valence-corrected chi connectivity index (χ1v) is 6.60. The highest BCUT2D eigenvalue weighted by molar-refractivity contribution is 5.85. The van der Waals surface area contributed by atoms with Gasteiger partial charge in [-0.05, 0) is 17.7 Å². The second kappa shape index (κ2) is 6.23. The molecule has 0 saturated heterocycles. The van der Waals surface area contributed by atoms with E-state index < -0.39 is 0 Å². The van der Waals surface area contributed by atoms with Gasteiger partial charge in [0.1, 0.15) is 5.82 Å². The molecule has 106 valence electrons. The van der Waals surface area contributed by atoms with Crippen molar-refractivity contribution < 1.29 is 0 Å². The van der Waals surface area contributed by atoms with E-state index in [1.54, 1.807) is 7.05 Å². The first kappa shape index (κ1) is 14.1. The van der Waals surface area contributed by atoms with Gasteiger partial charge in [-0.25, -0.2) is 4.98 Å². The smallest absolute Gasteiger partial charge is 0.190 e. The normalized spacial score (nSPS) is 11.5. The number of aliphatic imine (C=N–C) groups is 1. The summed E-state index contributed by atoms with van der Waals surface area (Å²) in [5, 5.41) is 7.47. The van der Waals surface area contributed by atoms with Crippen LogP contribution >= 0.6 is 0 Å². The highest BCUT2D eigenvalue weighted by atomic mass is 15.2. The molecule has 1 aromatic heterocycles. The molecule has 0 aliphatic carbocycles. The predicted octanol–water partition coefficient (Wildman–Crippen LogP) is 1.60. The molecular weight excluding hydrogens is 250 g/mol. The van der Waals surface area contributed by atoms with Gasteiger partial charge in [-0.3, -0.25) is 4.99 Å². The molecular formula is C15H21N5. The van der Waals surface area contributed by atoms with Crippen molar-refractivity contribution in [2.24, 2.45) is 4.99 Å². The number of para-hydroxylation sites is 1. The second-order valence-electron chi connectivity index (χ2n) is 4.73. The average Bonchev–Trinajstić information content (AvgIpc) is 2.47. The lowest BCUT2D eigenvalue weighted by molar-refractivity contribution is 0.869. The molecule has 0 bridgehead atoms. The van der Waals surface area contributed by atoms with Crippen LogP contribution in [0.15, 0.2) is 35.3 Å². The lowest BCUT2D eigenvalue weighted by Crippen LogP contribution is -2.34. The van der Waals surface area contributed by atoms with Crippen LogP contribution in [0.25, 0.3) is 10.9 Å². The summed E-state index contributed by atoms with van der Waals surface area (Å²) in [7, 11) is 7.61. The van der Waals surface area contributed by atoms with Crippen molar-refractivity contribution in [2.75, 3.05) is 33.1 Å². The first-order valence-electron chi connectivity index (χ1n) is 6.60. The highest BCUT2D eigenvalue weighted by Gasteiger charge is 2.07. The van der Waals surface area contributed by atoms with Crippen LogP contribution in [-0.4, -0.2) is 39.1 Å². The summed E-state index contributed by atoms with van der Waals surface area (Å²) in [4.78, 5) is 10.8. The third-order valence-corrected chi connectivity index (χ3v) is 3.15. The van der Waals surface area contributed by atoms with Crippen molar-refractivity contribution in [2.45, 2.75) is 6.54 Å². The molecule has 0 atom stereocenters. The van der Waals surface area contributed by atoms with Gasteiger partial charge in [0.25, 0.3) is 0 Å². The zero-order chi connectivity index (χ0) is 14.5. The number of anilines is 1. The van der Waals surface area contributed by atoms with Crippen LogP contribution in [0.5, 0.6) is 0 Å². The SMILES string of the molecule is CN=C(NC)NCc1cc(N(C)C)nc2ccccc12. The van der Waals surface area contributed by atoms with E-state index in [0.717, 1.165) is 22.7 Å². The van der Waals surface area contributed by atoms with Crippen LogP contribution in [0, 0.1) is 0 Å². The molecule has 0 aliphatic heterocycles. The van der Waals surface area contributed by atoms with Crippen molar-refractivity contribution >= 4 is 22.7 Å². The maximum atomic E-state index is 4.66. The van der Waals surface area contributed by atoms with Gasteiger partial charge in [0.05, 0.1) is 5.52 Å². The Labute approximate surface area is 119 Å². The minimum absolute atomic E-state index is 0.706. The number of nitrogens with zero attached hydrogens (tertiary/aromatic N) is 3. The van der Waals surface area contributed by atoms with Gasteiger partial charge in [-0.15, -0.1) is 0 Å². The summed E-state index contributed by atoms with van der Waals surface area (Å²) in [5.74, 6) is 1.73. The van der Waals surface area contributed by atoms with Crippen LogP contribution in [0.3, 0.4) is 0 Å². The maximum Gasteiger partial charge on any atom is 0.190 e. The van der Waals surface area contributed by atoms with E-state index in [2.05, 4.69) is 32.7 Å². The molecule has 2 aromatic rings. The molecule has 0 unspecified atom stereocenters. The third-order valence-electron chi connectivity index (χ3n) is 3.15. The Bertz CT molecular complexity index is 619. The maximum absolute atomic E-state index is 4.66. The Morgan fingerprint density at radius 2 is 2.05 bits per heavy atom. The number of nitrogens with one attached hydrogen (secondary N) is 2. The van der Waals surface area contributed by atoms with E-state index in [9.17, 15) is 0 Å². The molecule has 0 aliphatic rings. The number of guanidine groups is 1. The van der Waals surface area contributed by atoms with Gasteiger partial charge < -0.3 is 15.5 Å². The zero-order valence-corrected chi connectivity index (χ0v) is 12.4. The summed E-state index contributed by atoms with van der Waals surface area (Å²) in [6.45, 7) is 0.706. The van der Waals surface area contributed by atoms with Gasteiger partial charge in [0.15, 0.2) is 5.96 Å². The van der Waals surface area contributed by atoms with Crippen molar-refractivity contribution in [1.29, 1.82) is 0 Å². The molecule has 0 fully saturated rings. The third kappa shape index (κ3) is 2.99. The number of pyridine rings is 1. The van der Waals surface area contributed by atoms with Gasteiger partial charge in [0, 0.05) is 40.1 Å². The van der Waals surface area contributed by atoms with E-state index in [-0.39, 0.29) is 0 Å². The van der Waals surface area contributed by atoms with Crippen molar-refractivity contribution in [1.82, 2.24) is 15.6 Å². The number of fused-ring (bicyclic) bond motifs is 1. The molecule has 20 heavy (non-hydrogen) atoms. The molecule has 1 heterocycles. The van der Waals surface area contributed by atoms with Gasteiger partial charge in [-0.2, -0.15) is 0 Å². The molecule has 2 rings (SSSR count). The minimum Gasteiger partial charge on any atom is -0.363 e. The Morgan fingerprint density at radius 3 is 2.70 bits per heavy atom. The van der Waals surface area contributed by atoms with Crippen LogP contribution in [-0.2, 0) is 6.54 Å². The second-order valence-corrected chi connectivity index (χ2v) is 4.73. The fourth-order valence-corrected chi connectivity index (χ4v) is 2.07. The Balaban J connectivity index is 2.39.